The molecule has 0 saturated carbocycles. The average molecular weight is 368 g/mol. The van der Waals surface area contributed by atoms with Gasteiger partial charge in [0.2, 0.25) is 11.8 Å². The van der Waals surface area contributed by atoms with Crippen molar-refractivity contribution in [2.75, 3.05) is 16.4 Å². The van der Waals surface area contributed by atoms with Crippen molar-refractivity contribution in [1.82, 2.24) is 0 Å². The smallest absolute Gasteiger partial charge is 0.325 e. The molecule has 0 bridgehead atoms. The first-order chi connectivity index (χ1) is 11.8. The largest absolute Gasteiger partial charge is 0.418 e. The van der Waals surface area contributed by atoms with E-state index in [1.807, 2.05) is 0 Å². The van der Waals surface area contributed by atoms with Gasteiger partial charge in [-0.25, -0.2) is 0 Å². The van der Waals surface area contributed by atoms with Gasteiger partial charge in [-0.2, -0.15) is 13.2 Å². The van der Waals surface area contributed by atoms with Crippen LogP contribution in [-0.2, 0) is 15.8 Å². The van der Waals surface area contributed by atoms with Crippen molar-refractivity contribution in [3.63, 3.8) is 0 Å². The van der Waals surface area contributed by atoms with Crippen LogP contribution in [0.15, 0.2) is 53.4 Å². The van der Waals surface area contributed by atoms with E-state index in [0.29, 0.717) is 10.6 Å². The molecule has 2 rings (SSSR count). The van der Waals surface area contributed by atoms with E-state index in [-0.39, 0.29) is 17.3 Å². The molecule has 2 aromatic carbocycles. The summed E-state index contributed by atoms with van der Waals surface area (Å²) >= 11 is 1.12. The lowest BCUT2D eigenvalue weighted by Gasteiger charge is -2.14. The Bertz CT molecular complexity index is 778. The molecule has 0 fully saturated rings. The van der Waals surface area contributed by atoms with Crippen molar-refractivity contribution in [3.8, 4) is 0 Å². The molecule has 2 N–H and O–H groups in total. The summed E-state index contributed by atoms with van der Waals surface area (Å²) in [5, 5.41) is 4.92. The molecule has 2 amide bonds. The summed E-state index contributed by atoms with van der Waals surface area (Å²) in [6.07, 6.45) is -4.55. The van der Waals surface area contributed by atoms with Crippen LogP contribution in [0.5, 0.6) is 0 Å². The van der Waals surface area contributed by atoms with Crippen molar-refractivity contribution in [2.24, 2.45) is 0 Å². The molecule has 0 radical (unpaired) electrons. The lowest BCUT2D eigenvalue weighted by molar-refractivity contribution is -0.137. The molecule has 0 saturated heterocycles. The summed E-state index contributed by atoms with van der Waals surface area (Å²) in [7, 11) is 0. The fourth-order valence-corrected chi connectivity index (χ4v) is 2.86. The van der Waals surface area contributed by atoms with Gasteiger partial charge in [-0.15, -0.1) is 11.8 Å². The van der Waals surface area contributed by atoms with Gasteiger partial charge in [-0.3, -0.25) is 9.59 Å². The molecular formula is C17H15F3N2O2S. The van der Waals surface area contributed by atoms with Crippen LogP contribution < -0.4 is 10.6 Å². The van der Waals surface area contributed by atoms with E-state index in [1.165, 1.54) is 25.1 Å². The first-order valence-electron chi connectivity index (χ1n) is 7.23. The predicted octanol–water partition coefficient (Wildman–Crippen LogP) is 4.39. The Balaban J connectivity index is 2.05. The predicted molar refractivity (Wildman–Crippen MR) is 91.5 cm³/mol. The number of carbonyl (C=O) groups is 2. The zero-order valence-electron chi connectivity index (χ0n) is 13.2. The molecule has 0 aliphatic heterocycles. The summed E-state index contributed by atoms with van der Waals surface area (Å²) in [4.78, 5) is 23.8. The van der Waals surface area contributed by atoms with Crippen LogP contribution in [0.25, 0.3) is 0 Å². The topological polar surface area (TPSA) is 58.2 Å². The summed E-state index contributed by atoms with van der Waals surface area (Å²) < 4.78 is 38.8. The highest BCUT2D eigenvalue weighted by Crippen LogP contribution is 2.34. The first kappa shape index (κ1) is 18.9. The molecule has 132 valence electrons. The molecule has 4 nitrogen and oxygen atoms in total. The van der Waals surface area contributed by atoms with Gasteiger partial charge < -0.3 is 10.6 Å². The van der Waals surface area contributed by atoms with Gasteiger partial charge in [-0.1, -0.05) is 24.3 Å². The van der Waals surface area contributed by atoms with Crippen molar-refractivity contribution in [3.05, 3.63) is 54.1 Å². The number of benzene rings is 2. The van der Waals surface area contributed by atoms with Crippen molar-refractivity contribution < 1.29 is 22.8 Å². The number of anilines is 2. The third kappa shape index (κ3) is 5.53. The van der Waals surface area contributed by atoms with E-state index in [9.17, 15) is 22.8 Å². The molecular weight excluding hydrogens is 353 g/mol. The van der Waals surface area contributed by atoms with Crippen LogP contribution in [0.1, 0.15) is 12.5 Å². The quantitative estimate of drug-likeness (QED) is 0.770. The normalized spacial score (nSPS) is 11.0. The highest BCUT2D eigenvalue weighted by Gasteiger charge is 2.33. The lowest BCUT2D eigenvalue weighted by atomic mass is 10.1. The average Bonchev–Trinajstić information content (AvgIpc) is 2.53. The van der Waals surface area contributed by atoms with E-state index in [4.69, 9.17) is 0 Å². The number of thioether (sulfide) groups is 1. The maximum absolute atomic E-state index is 12.9. The summed E-state index contributed by atoms with van der Waals surface area (Å²) in [6.45, 7) is 1.36. The van der Waals surface area contributed by atoms with Crippen LogP contribution in [0.3, 0.4) is 0 Å². The molecule has 0 unspecified atom stereocenters. The Morgan fingerprint density at radius 2 is 1.56 bits per heavy atom. The number of amides is 2. The number of carbonyl (C=O) groups excluding carboxylic acids is 2. The molecule has 0 atom stereocenters. The molecule has 0 aliphatic rings. The number of nitrogens with one attached hydrogen (secondary N) is 2. The fourth-order valence-electron chi connectivity index (χ4n) is 2.05. The standard InChI is InChI=1S/C17H15F3N2O2S/c1-11(23)21-14-8-4-5-9-15(14)25-10-16(24)22-13-7-3-2-6-12(13)17(18,19)20/h2-9H,10H2,1H3,(H,21,23)(H,22,24). The Labute approximate surface area is 146 Å². The Hall–Kier alpha value is -2.48. The Morgan fingerprint density at radius 3 is 2.20 bits per heavy atom. The third-order valence-electron chi connectivity index (χ3n) is 3.06. The van der Waals surface area contributed by atoms with Crippen LogP contribution in [0.4, 0.5) is 24.5 Å². The van der Waals surface area contributed by atoms with Crippen LogP contribution in [0.2, 0.25) is 0 Å². The second-order valence-electron chi connectivity index (χ2n) is 5.06. The summed E-state index contributed by atoms with van der Waals surface area (Å²) in [5.41, 5.74) is -0.633. The van der Waals surface area contributed by atoms with Crippen LogP contribution in [-0.4, -0.2) is 17.6 Å². The number of alkyl halides is 3. The van der Waals surface area contributed by atoms with Crippen molar-refractivity contribution >= 4 is 35.0 Å². The van der Waals surface area contributed by atoms with Gasteiger partial charge >= 0.3 is 6.18 Å². The molecule has 0 aromatic heterocycles. The maximum atomic E-state index is 12.9. The summed E-state index contributed by atoms with van der Waals surface area (Å²) in [6, 6.07) is 11.7. The van der Waals surface area contributed by atoms with Gasteiger partial charge in [0.05, 0.1) is 22.7 Å². The number of hydrogen-bond donors (Lipinski definition) is 2. The SMILES string of the molecule is CC(=O)Nc1ccccc1SCC(=O)Nc1ccccc1C(F)(F)F. The Morgan fingerprint density at radius 1 is 0.960 bits per heavy atom. The molecule has 25 heavy (non-hydrogen) atoms. The van der Waals surface area contributed by atoms with E-state index < -0.39 is 17.6 Å². The zero-order chi connectivity index (χ0) is 18.4. The third-order valence-corrected chi connectivity index (χ3v) is 4.14. The van der Waals surface area contributed by atoms with E-state index in [1.54, 1.807) is 24.3 Å². The number of para-hydroxylation sites is 2. The van der Waals surface area contributed by atoms with Gasteiger partial charge in [0.1, 0.15) is 0 Å². The van der Waals surface area contributed by atoms with E-state index in [2.05, 4.69) is 10.6 Å². The molecule has 0 spiro atoms. The molecule has 0 aliphatic carbocycles. The van der Waals surface area contributed by atoms with Gasteiger partial charge in [-0.05, 0) is 24.3 Å². The zero-order valence-corrected chi connectivity index (χ0v) is 14.0. The highest BCUT2D eigenvalue weighted by atomic mass is 32.2. The lowest BCUT2D eigenvalue weighted by Crippen LogP contribution is -2.18. The fraction of sp³-hybridized carbons (Fsp3) is 0.176. The second kappa shape index (κ2) is 8.06. The van der Waals surface area contributed by atoms with E-state index >= 15 is 0 Å². The van der Waals surface area contributed by atoms with Crippen molar-refractivity contribution in [1.29, 1.82) is 0 Å². The Kier molecular flexibility index (Phi) is 6.08. The minimum absolute atomic E-state index is 0.0945. The minimum atomic E-state index is -4.55. The number of halogens is 3. The van der Waals surface area contributed by atoms with Gasteiger partial charge in [0.15, 0.2) is 0 Å². The molecule has 0 heterocycles. The van der Waals surface area contributed by atoms with Crippen molar-refractivity contribution in [2.45, 2.75) is 18.0 Å². The number of rotatable bonds is 5. The molecule has 8 heteroatoms. The minimum Gasteiger partial charge on any atom is -0.325 e. The van der Waals surface area contributed by atoms with Gasteiger partial charge in [0.25, 0.3) is 0 Å². The highest BCUT2D eigenvalue weighted by molar-refractivity contribution is 8.00. The first-order valence-corrected chi connectivity index (χ1v) is 8.21. The molecule has 2 aromatic rings. The maximum Gasteiger partial charge on any atom is 0.418 e. The summed E-state index contributed by atoms with van der Waals surface area (Å²) in [5.74, 6) is -0.918. The van der Waals surface area contributed by atoms with Crippen LogP contribution in [0, 0.1) is 0 Å². The van der Waals surface area contributed by atoms with Gasteiger partial charge in [0, 0.05) is 11.8 Å². The van der Waals surface area contributed by atoms with Crippen LogP contribution >= 0.6 is 11.8 Å². The number of hydrogen-bond acceptors (Lipinski definition) is 3. The second-order valence-corrected chi connectivity index (χ2v) is 6.07. The van der Waals surface area contributed by atoms with E-state index in [0.717, 1.165) is 17.8 Å². The monoisotopic (exact) mass is 368 g/mol.